The second kappa shape index (κ2) is 9.00. The maximum atomic E-state index is 12.6. The van der Waals surface area contributed by atoms with Crippen LogP contribution in [0.15, 0.2) is 0 Å². The van der Waals surface area contributed by atoms with E-state index in [0.717, 1.165) is 0 Å². The molecule has 0 aromatic rings. The van der Waals surface area contributed by atoms with Gasteiger partial charge in [0.1, 0.15) is 18.0 Å². The molecule has 0 aromatic carbocycles. The van der Waals surface area contributed by atoms with Crippen LogP contribution in [0.1, 0.15) is 48.0 Å². The monoisotopic (exact) mass is 370 g/mol. The van der Waals surface area contributed by atoms with Crippen LogP contribution in [0, 0.1) is 23.7 Å². The van der Waals surface area contributed by atoms with Gasteiger partial charge in [-0.15, -0.1) is 0 Å². The maximum Gasteiger partial charge on any atom is 0.326 e. The largest absolute Gasteiger partial charge is 0.480 e. The number of carboxylic acid groups (broad SMARTS) is 1. The summed E-state index contributed by atoms with van der Waals surface area (Å²) in [6.07, 6.45) is -0.328. The predicted molar refractivity (Wildman–Crippen MR) is 94.0 cm³/mol. The van der Waals surface area contributed by atoms with Crippen LogP contribution in [-0.2, 0) is 23.9 Å². The average molecular weight is 370 g/mol. The van der Waals surface area contributed by atoms with Crippen molar-refractivity contribution in [3.63, 3.8) is 0 Å². The van der Waals surface area contributed by atoms with Gasteiger partial charge in [-0.3, -0.25) is 14.4 Å². The number of carbonyl (C=O) groups excluding carboxylic acids is 3. The third-order valence-corrected chi connectivity index (χ3v) is 4.84. The molecule has 8 nitrogen and oxygen atoms in total. The van der Waals surface area contributed by atoms with Gasteiger partial charge < -0.3 is 20.5 Å². The molecule has 1 fully saturated rings. The normalized spacial score (nSPS) is 22.8. The Bertz CT molecular complexity index is 560. The fourth-order valence-corrected chi connectivity index (χ4v) is 2.86. The summed E-state index contributed by atoms with van der Waals surface area (Å²) in [6.45, 7) is 10.7. The number of carbonyl (C=O) groups is 4. The molecule has 148 valence electrons. The van der Waals surface area contributed by atoms with Crippen LogP contribution < -0.4 is 10.6 Å². The van der Waals surface area contributed by atoms with E-state index in [0.29, 0.717) is 6.42 Å². The molecular weight excluding hydrogens is 340 g/mol. The molecule has 5 atom stereocenters. The Morgan fingerprint density at radius 2 is 1.65 bits per heavy atom. The van der Waals surface area contributed by atoms with Crippen LogP contribution in [0.25, 0.3) is 0 Å². The van der Waals surface area contributed by atoms with E-state index in [2.05, 4.69) is 10.6 Å². The highest BCUT2D eigenvalue weighted by atomic mass is 16.6. The number of amides is 2. The molecular formula is C18H30N2O6. The van der Waals surface area contributed by atoms with Gasteiger partial charge in [-0.1, -0.05) is 48.0 Å². The number of carboxylic acids is 1. The molecule has 1 rings (SSSR count). The zero-order chi connectivity index (χ0) is 20.2. The molecule has 3 N–H and O–H groups in total. The fourth-order valence-electron chi connectivity index (χ4n) is 2.86. The number of hydrogen-bond donors (Lipinski definition) is 3. The van der Waals surface area contributed by atoms with E-state index in [-0.39, 0.29) is 17.8 Å². The van der Waals surface area contributed by atoms with Crippen molar-refractivity contribution in [2.75, 3.05) is 0 Å². The number of hydrogen-bond acceptors (Lipinski definition) is 5. The summed E-state index contributed by atoms with van der Waals surface area (Å²) in [6, 6.07) is -1.95. The van der Waals surface area contributed by atoms with E-state index in [1.807, 2.05) is 20.8 Å². The number of aliphatic carboxylic acids is 1. The maximum absolute atomic E-state index is 12.6. The van der Waals surface area contributed by atoms with Crippen molar-refractivity contribution in [1.82, 2.24) is 10.6 Å². The lowest BCUT2D eigenvalue weighted by Crippen LogP contribution is -2.61. The van der Waals surface area contributed by atoms with Crippen molar-refractivity contribution < 1.29 is 29.0 Å². The topological polar surface area (TPSA) is 122 Å². The summed E-state index contributed by atoms with van der Waals surface area (Å²) in [4.78, 5) is 47.9. The first-order chi connectivity index (χ1) is 12.0. The van der Waals surface area contributed by atoms with E-state index < -0.39 is 47.9 Å². The van der Waals surface area contributed by atoms with Gasteiger partial charge in [0, 0.05) is 0 Å². The van der Waals surface area contributed by atoms with Gasteiger partial charge in [0.05, 0.1) is 0 Å². The van der Waals surface area contributed by atoms with Crippen LogP contribution in [0.5, 0.6) is 0 Å². The third kappa shape index (κ3) is 4.95. The summed E-state index contributed by atoms with van der Waals surface area (Å²) in [7, 11) is 0. The van der Waals surface area contributed by atoms with Gasteiger partial charge in [0.2, 0.25) is 5.91 Å². The first-order valence-corrected chi connectivity index (χ1v) is 9.05. The van der Waals surface area contributed by atoms with E-state index >= 15 is 0 Å². The number of ether oxygens (including phenoxy) is 1. The first kappa shape index (κ1) is 21.9. The lowest BCUT2D eigenvalue weighted by atomic mass is 9.85. The van der Waals surface area contributed by atoms with Crippen molar-refractivity contribution in [2.24, 2.45) is 23.7 Å². The lowest BCUT2D eigenvalue weighted by molar-refractivity contribution is -0.193. The third-order valence-electron chi connectivity index (χ3n) is 4.84. The van der Waals surface area contributed by atoms with Crippen molar-refractivity contribution in [3.8, 4) is 0 Å². The predicted octanol–water partition coefficient (Wildman–Crippen LogP) is 0.940. The standard InChI is InChI=1S/C18H30N2O6/c1-7-10(6)13(17(23)24)20-15(21)12(9(4)5)19-16(22)14-11(8(2)3)18(25)26-14/h8-14H,7H2,1-6H3,(H,19,22)(H,20,21)(H,23,24)/t10?,11?,12-,13-,14?/m0/s1. The Kier molecular flexibility index (Phi) is 7.59. The zero-order valence-corrected chi connectivity index (χ0v) is 16.2. The van der Waals surface area contributed by atoms with Crippen molar-refractivity contribution in [2.45, 2.75) is 66.2 Å². The van der Waals surface area contributed by atoms with Crippen molar-refractivity contribution >= 4 is 23.8 Å². The Balaban J connectivity index is 2.82. The highest BCUT2D eigenvalue weighted by Gasteiger charge is 2.49. The highest BCUT2D eigenvalue weighted by molar-refractivity contribution is 5.97. The van der Waals surface area contributed by atoms with E-state index in [9.17, 15) is 24.3 Å². The smallest absolute Gasteiger partial charge is 0.326 e. The molecule has 1 aliphatic rings. The molecule has 1 saturated heterocycles. The number of esters is 1. The minimum absolute atomic E-state index is 0.0554. The minimum Gasteiger partial charge on any atom is -0.480 e. The van der Waals surface area contributed by atoms with E-state index in [1.165, 1.54) is 0 Å². The summed E-state index contributed by atoms with van der Waals surface area (Å²) in [5.41, 5.74) is 0. The van der Waals surface area contributed by atoms with Gasteiger partial charge in [-0.05, 0) is 17.8 Å². The van der Waals surface area contributed by atoms with Crippen LogP contribution in [0.2, 0.25) is 0 Å². The average Bonchev–Trinajstić information content (AvgIpc) is 2.52. The molecule has 0 spiro atoms. The quantitative estimate of drug-likeness (QED) is 0.519. The van der Waals surface area contributed by atoms with Gasteiger partial charge in [0.25, 0.3) is 5.91 Å². The van der Waals surface area contributed by atoms with Gasteiger partial charge in [-0.25, -0.2) is 4.79 Å². The molecule has 0 aliphatic carbocycles. The Morgan fingerprint density at radius 1 is 1.08 bits per heavy atom. The second-order valence-corrected chi connectivity index (χ2v) is 7.57. The zero-order valence-electron chi connectivity index (χ0n) is 16.2. The Hall–Kier alpha value is -2.12. The molecule has 3 unspecified atom stereocenters. The van der Waals surface area contributed by atoms with Gasteiger partial charge >= 0.3 is 11.9 Å². The molecule has 2 amide bonds. The number of nitrogens with one attached hydrogen (secondary N) is 2. The SMILES string of the molecule is CCC(C)[C@H](NC(=O)[C@@H](NC(=O)C1OC(=O)C1C(C)C)C(C)C)C(=O)O. The lowest BCUT2D eigenvalue weighted by Gasteiger charge is -2.37. The second-order valence-electron chi connectivity index (χ2n) is 7.57. The molecule has 0 aromatic heterocycles. The number of cyclic esters (lactones) is 1. The van der Waals surface area contributed by atoms with Crippen molar-refractivity contribution in [3.05, 3.63) is 0 Å². The minimum atomic E-state index is -1.12. The fraction of sp³-hybridized carbons (Fsp3) is 0.778. The van der Waals surface area contributed by atoms with E-state index in [1.54, 1.807) is 20.8 Å². The molecule has 0 saturated carbocycles. The molecule has 8 heteroatoms. The molecule has 1 heterocycles. The van der Waals surface area contributed by atoms with Crippen LogP contribution >= 0.6 is 0 Å². The highest BCUT2D eigenvalue weighted by Crippen LogP contribution is 2.29. The Morgan fingerprint density at radius 3 is 2.04 bits per heavy atom. The van der Waals surface area contributed by atoms with Gasteiger partial charge in [-0.2, -0.15) is 0 Å². The summed E-state index contributed by atoms with van der Waals surface area (Å²) in [5, 5.41) is 14.4. The van der Waals surface area contributed by atoms with Gasteiger partial charge in [0.15, 0.2) is 6.10 Å². The van der Waals surface area contributed by atoms with Crippen LogP contribution in [-0.4, -0.2) is 47.0 Å². The molecule has 26 heavy (non-hydrogen) atoms. The Labute approximate surface area is 154 Å². The van der Waals surface area contributed by atoms with E-state index in [4.69, 9.17) is 4.74 Å². The summed E-state index contributed by atoms with van der Waals surface area (Å²) >= 11 is 0. The molecule has 1 aliphatic heterocycles. The molecule has 0 bridgehead atoms. The first-order valence-electron chi connectivity index (χ1n) is 9.05. The van der Waals surface area contributed by atoms with Crippen molar-refractivity contribution in [1.29, 1.82) is 0 Å². The molecule has 0 radical (unpaired) electrons. The summed E-state index contributed by atoms with van der Waals surface area (Å²) in [5.74, 6) is -3.74. The number of rotatable bonds is 9. The summed E-state index contributed by atoms with van der Waals surface area (Å²) < 4.78 is 4.93. The van der Waals surface area contributed by atoms with Crippen LogP contribution in [0.3, 0.4) is 0 Å². The van der Waals surface area contributed by atoms with Crippen LogP contribution in [0.4, 0.5) is 0 Å².